The molecule has 0 aromatic heterocycles. The number of fused-ring (bicyclic) bond motifs is 1. The van der Waals surface area contributed by atoms with Crippen molar-refractivity contribution in [3.8, 4) is 5.75 Å². The van der Waals surface area contributed by atoms with Gasteiger partial charge in [0.15, 0.2) is 0 Å². The number of methoxy groups -OCH3 is 1. The lowest BCUT2D eigenvalue weighted by Gasteiger charge is -2.44. The molecule has 0 radical (unpaired) electrons. The topological polar surface area (TPSA) is 41.6 Å². The number of carbonyl (C=O) groups excluding carboxylic acids is 1. The number of nitrogens with one attached hydrogen (secondary N) is 1. The van der Waals surface area contributed by atoms with E-state index in [2.05, 4.69) is 22.3 Å². The Labute approximate surface area is 126 Å². The molecule has 2 heterocycles. The predicted molar refractivity (Wildman–Crippen MR) is 82.4 cm³/mol. The van der Waals surface area contributed by atoms with Crippen molar-refractivity contribution in [2.75, 3.05) is 26.7 Å². The van der Waals surface area contributed by atoms with Crippen LogP contribution in [0.25, 0.3) is 0 Å². The van der Waals surface area contributed by atoms with Gasteiger partial charge in [-0.15, -0.1) is 0 Å². The van der Waals surface area contributed by atoms with Crippen molar-refractivity contribution in [2.24, 2.45) is 5.92 Å². The molecule has 1 aromatic carbocycles. The molecule has 2 aliphatic rings. The van der Waals surface area contributed by atoms with Gasteiger partial charge in [0, 0.05) is 19.0 Å². The van der Waals surface area contributed by atoms with Gasteiger partial charge < -0.3 is 15.0 Å². The zero-order chi connectivity index (χ0) is 14.7. The van der Waals surface area contributed by atoms with E-state index in [-0.39, 0.29) is 0 Å². The van der Waals surface area contributed by atoms with Crippen LogP contribution in [0.2, 0.25) is 0 Å². The fourth-order valence-electron chi connectivity index (χ4n) is 3.58. The SMILES string of the molecule is COc1ccc(CCN2C(=O)CC[C@H]3CNCC[C@H]32)cc1. The van der Waals surface area contributed by atoms with Gasteiger partial charge in [0.05, 0.1) is 7.11 Å². The molecule has 2 fully saturated rings. The van der Waals surface area contributed by atoms with E-state index in [1.165, 1.54) is 5.56 Å². The number of nitrogens with zero attached hydrogens (tertiary/aromatic N) is 1. The normalized spacial score (nSPS) is 25.6. The molecule has 1 N–H and O–H groups in total. The third-order valence-corrected chi connectivity index (χ3v) is 4.82. The average molecular weight is 288 g/mol. The van der Waals surface area contributed by atoms with Crippen LogP contribution < -0.4 is 10.1 Å². The smallest absolute Gasteiger partial charge is 0.222 e. The van der Waals surface area contributed by atoms with Gasteiger partial charge in [-0.3, -0.25) is 4.79 Å². The minimum Gasteiger partial charge on any atom is -0.497 e. The molecule has 114 valence electrons. The maximum absolute atomic E-state index is 12.3. The van der Waals surface area contributed by atoms with Gasteiger partial charge in [0.1, 0.15) is 5.75 Å². The van der Waals surface area contributed by atoms with Crippen molar-refractivity contribution < 1.29 is 9.53 Å². The Hall–Kier alpha value is -1.55. The van der Waals surface area contributed by atoms with Gasteiger partial charge in [0.2, 0.25) is 5.91 Å². The summed E-state index contributed by atoms with van der Waals surface area (Å²) in [6.45, 7) is 2.94. The second kappa shape index (κ2) is 6.48. The zero-order valence-corrected chi connectivity index (χ0v) is 12.7. The summed E-state index contributed by atoms with van der Waals surface area (Å²) in [6.07, 6.45) is 3.78. The molecule has 4 heteroatoms. The second-order valence-corrected chi connectivity index (χ2v) is 6.04. The summed E-state index contributed by atoms with van der Waals surface area (Å²) in [7, 11) is 1.68. The highest BCUT2D eigenvalue weighted by Gasteiger charge is 2.36. The van der Waals surface area contributed by atoms with Crippen molar-refractivity contribution in [2.45, 2.75) is 31.7 Å². The van der Waals surface area contributed by atoms with Crippen molar-refractivity contribution in [1.29, 1.82) is 0 Å². The van der Waals surface area contributed by atoms with Crippen molar-refractivity contribution in [3.63, 3.8) is 0 Å². The number of rotatable bonds is 4. The van der Waals surface area contributed by atoms with Crippen LogP contribution in [-0.4, -0.2) is 43.6 Å². The van der Waals surface area contributed by atoms with E-state index in [0.717, 1.165) is 44.6 Å². The average Bonchev–Trinajstić information content (AvgIpc) is 2.54. The molecular weight excluding hydrogens is 264 g/mol. The van der Waals surface area contributed by atoms with Gasteiger partial charge in [-0.05, 0) is 56.0 Å². The van der Waals surface area contributed by atoms with Gasteiger partial charge in [-0.1, -0.05) is 12.1 Å². The Morgan fingerprint density at radius 1 is 1.29 bits per heavy atom. The number of hydrogen-bond acceptors (Lipinski definition) is 3. The highest BCUT2D eigenvalue weighted by atomic mass is 16.5. The molecule has 2 atom stereocenters. The van der Waals surface area contributed by atoms with Crippen LogP contribution in [0.1, 0.15) is 24.8 Å². The van der Waals surface area contributed by atoms with Gasteiger partial charge in [-0.2, -0.15) is 0 Å². The predicted octanol–water partition coefficient (Wildman–Crippen LogP) is 1.84. The van der Waals surface area contributed by atoms with E-state index in [1.807, 2.05) is 12.1 Å². The summed E-state index contributed by atoms with van der Waals surface area (Å²) >= 11 is 0. The van der Waals surface area contributed by atoms with Crippen LogP contribution >= 0.6 is 0 Å². The van der Waals surface area contributed by atoms with Crippen molar-refractivity contribution in [1.82, 2.24) is 10.2 Å². The van der Waals surface area contributed by atoms with Crippen molar-refractivity contribution >= 4 is 5.91 Å². The first-order valence-corrected chi connectivity index (χ1v) is 7.91. The maximum Gasteiger partial charge on any atom is 0.222 e. The lowest BCUT2D eigenvalue weighted by atomic mass is 9.84. The van der Waals surface area contributed by atoms with Gasteiger partial charge in [0.25, 0.3) is 0 Å². The third kappa shape index (κ3) is 3.21. The van der Waals surface area contributed by atoms with E-state index in [0.29, 0.717) is 24.3 Å². The zero-order valence-electron chi connectivity index (χ0n) is 12.7. The molecule has 0 saturated carbocycles. The summed E-state index contributed by atoms with van der Waals surface area (Å²) in [6, 6.07) is 8.60. The van der Waals surface area contributed by atoms with E-state index in [4.69, 9.17) is 4.74 Å². The number of amides is 1. The first-order chi connectivity index (χ1) is 10.3. The fourth-order valence-corrected chi connectivity index (χ4v) is 3.58. The lowest BCUT2D eigenvalue weighted by molar-refractivity contribution is -0.139. The number of carbonyl (C=O) groups is 1. The minimum absolute atomic E-state index is 0.340. The lowest BCUT2D eigenvalue weighted by Crippen LogP contribution is -2.55. The Morgan fingerprint density at radius 3 is 2.86 bits per heavy atom. The Bertz CT molecular complexity index is 486. The standard InChI is InChI=1S/C17H24N2O2/c1-21-15-5-2-13(3-6-15)9-11-19-16-8-10-18-12-14(16)4-7-17(19)20/h2-3,5-6,14,16,18H,4,7-12H2,1H3/t14-,16+/m0/s1. The fraction of sp³-hybridized carbons (Fsp3) is 0.588. The van der Waals surface area contributed by atoms with Crippen LogP contribution in [0.5, 0.6) is 5.75 Å². The van der Waals surface area contributed by atoms with Crippen LogP contribution in [0, 0.1) is 5.92 Å². The van der Waals surface area contributed by atoms with Gasteiger partial charge in [-0.25, -0.2) is 0 Å². The Morgan fingerprint density at radius 2 is 2.10 bits per heavy atom. The maximum atomic E-state index is 12.3. The molecule has 4 nitrogen and oxygen atoms in total. The monoisotopic (exact) mass is 288 g/mol. The second-order valence-electron chi connectivity index (χ2n) is 6.04. The molecule has 0 aliphatic carbocycles. The van der Waals surface area contributed by atoms with Gasteiger partial charge >= 0.3 is 0 Å². The Balaban J connectivity index is 1.62. The van der Waals surface area contributed by atoms with E-state index >= 15 is 0 Å². The molecule has 3 rings (SSSR count). The number of hydrogen-bond donors (Lipinski definition) is 1. The largest absolute Gasteiger partial charge is 0.497 e. The molecule has 1 amide bonds. The highest BCUT2D eigenvalue weighted by Crippen LogP contribution is 2.28. The first kappa shape index (κ1) is 14.4. The molecule has 0 spiro atoms. The third-order valence-electron chi connectivity index (χ3n) is 4.82. The summed E-state index contributed by atoms with van der Waals surface area (Å²) in [5.74, 6) is 1.87. The van der Waals surface area contributed by atoms with Crippen LogP contribution in [0.3, 0.4) is 0 Å². The van der Waals surface area contributed by atoms with Crippen LogP contribution in [0.4, 0.5) is 0 Å². The molecule has 2 saturated heterocycles. The van der Waals surface area contributed by atoms with Crippen LogP contribution in [0.15, 0.2) is 24.3 Å². The quantitative estimate of drug-likeness (QED) is 0.919. The summed E-state index contributed by atoms with van der Waals surface area (Å²) in [5, 5.41) is 3.45. The summed E-state index contributed by atoms with van der Waals surface area (Å²) in [5.41, 5.74) is 1.26. The molecular formula is C17H24N2O2. The van der Waals surface area contributed by atoms with E-state index in [1.54, 1.807) is 7.11 Å². The number of piperidine rings is 2. The van der Waals surface area contributed by atoms with Crippen molar-refractivity contribution in [3.05, 3.63) is 29.8 Å². The van der Waals surface area contributed by atoms with Crippen LogP contribution in [-0.2, 0) is 11.2 Å². The summed E-state index contributed by atoms with van der Waals surface area (Å²) in [4.78, 5) is 14.4. The van der Waals surface area contributed by atoms with E-state index in [9.17, 15) is 4.79 Å². The molecule has 0 unspecified atom stereocenters. The number of ether oxygens (including phenoxy) is 1. The molecule has 0 bridgehead atoms. The minimum atomic E-state index is 0.340. The number of benzene rings is 1. The highest BCUT2D eigenvalue weighted by molar-refractivity contribution is 5.77. The molecule has 1 aromatic rings. The number of likely N-dealkylation sites (tertiary alicyclic amines) is 1. The molecule has 2 aliphatic heterocycles. The van der Waals surface area contributed by atoms with E-state index < -0.39 is 0 Å². The Kier molecular flexibility index (Phi) is 4.44. The molecule has 21 heavy (non-hydrogen) atoms. The first-order valence-electron chi connectivity index (χ1n) is 7.91. The summed E-state index contributed by atoms with van der Waals surface area (Å²) < 4.78 is 5.18.